The van der Waals surface area contributed by atoms with Crippen molar-refractivity contribution >= 4 is 0 Å². The van der Waals surface area contributed by atoms with Crippen LogP contribution < -0.4 is 14.8 Å². The number of benzene rings is 1. The molecule has 3 heteroatoms. The van der Waals surface area contributed by atoms with Crippen molar-refractivity contribution in [2.75, 3.05) is 7.11 Å². The molecule has 0 bridgehead atoms. The van der Waals surface area contributed by atoms with Crippen LogP contribution in [0.15, 0.2) is 18.2 Å². The Morgan fingerprint density at radius 3 is 2.42 bits per heavy atom. The summed E-state index contributed by atoms with van der Waals surface area (Å²) >= 11 is 0. The second-order valence-corrected chi connectivity index (χ2v) is 5.01. The van der Waals surface area contributed by atoms with Crippen LogP contribution in [0.1, 0.15) is 46.1 Å². The lowest BCUT2D eigenvalue weighted by Gasteiger charge is -2.17. The minimum atomic E-state index is 0.206. The van der Waals surface area contributed by atoms with Gasteiger partial charge in [0.2, 0.25) is 0 Å². The molecule has 1 rings (SSSR count). The van der Waals surface area contributed by atoms with E-state index < -0.39 is 0 Å². The zero-order valence-electron chi connectivity index (χ0n) is 12.8. The van der Waals surface area contributed by atoms with Gasteiger partial charge in [0.05, 0.1) is 13.2 Å². The normalized spacial score (nSPS) is 13.9. The molecule has 1 aromatic rings. The van der Waals surface area contributed by atoms with Crippen LogP contribution >= 0.6 is 0 Å². The summed E-state index contributed by atoms with van der Waals surface area (Å²) in [7, 11) is 1.69. The maximum atomic E-state index is 5.84. The molecule has 0 saturated carbocycles. The van der Waals surface area contributed by atoms with Crippen LogP contribution in [0.2, 0.25) is 0 Å². The van der Waals surface area contributed by atoms with Crippen LogP contribution in [0.3, 0.4) is 0 Å². The van der Waals surface area contributed by atoms with Crippen molar-refractivity contribution in [3.05, 3.63) is 23.8 Å². The Morgan fingerprint density at radius 2 is 1.84 bits per heavy atom. The Labute approximate surface area is 117 Å². The van der Waals surface area contributed by atoms with Gasteiger partial charge in [0.15, 0.2) is 11.5 Å². The van der Waals surface area contributed by atoms with Gasteiger partial charge in [-0.25, -0.2) is 0 Å². The summed E-state index contributed by atoms with van der Waals surface area (Å²) in [5, 5.41) is 3.47. The van der Waals surface area contributed by atoms with E-state index in [-0.39, 0.29) is 6.10 Å². The molecule has 0 aliphatic rings. The lowest BCUT2D eigenvalue weighted by atomic mass is 10.1. The highest BCUT2D eigenvalue weighted by molar-refractivity contribution is 5.43. The first-order chi connectivity index (χ1) is 9.10. The maximum absolute atomic E-state index is 5.84. The summed E-state index contributed by atoms with van der Waals surface area (Å²) < 4.78 is 11.3. The Balaban J connectivity index is 2.72. The van der Waals surface area contributed by atoms with Crippen molar-refractivity contribution in [3.63, 3.8) is 0 Å². The van der Waals surface area contributed by atoms with E-state index >= 15 is 0 Å². The molecule has 0 heterocycles. The van der Waals surface area contributed by atoms with Crippen LogP contribution in [-0.2, 0) is 6.54 Å². The van der Waals surface area contributed by atoms with Gasteiger partial charge in [-0.3, -0.25) is 0 Å². The van der Waals surface area contributed by atoms with Crippen molar-refractivity contribution in [3.8, 4) is 11.5 Å². The third-order valence-electron chi connectivity index (χ3n) is 3.40. The highest BCUT2D eigenvalue weighted by Gasteiger charge is 2.09. The highest BCUT2D eigenvalue weighted by atomic mass is 16.5. The Hall–Kier alpha value is -1.22. The second-order valence-electron chi connectivity index (χ2n) is 5.01. The van der Waals surface area contributed by atoms with Gasteiger partial charge in [-0.2, -0.15) is 0 Å². The number of hydrogen-bond donors (Lipinski definition) is 1. The van der Waals surface area contributed by atoms with Crippen LogP contribution in [0.5, 0.6) is 11.5 Å². The Kier molecular flexibility index (Phi) is 6.71. The molecule has 3 nitrogen and oxygen atoms in total. The molecule has 0 unspecified atom stereocenters. The lowest BCUT2D eigenvalue weighted by Crippen LogP contribution is -2.24. The van der Waals surface area contributed by atoms with Gasteiger partial charge in [0.1, 0.15) is 0 Å². The van der Waals surface area contributed by atoms with E-state index in [1.54, 1.807) is 7.11 Å². The van der Waals surface area contributed by atoms with Crippen LogP contribution in [0.25, 0.3) is 0 Å². The SMILES string of the molecule is CC[C@H](C)NCc1ccc(O[C@@H](C)CC)c(OC)c1. The molecule has 0 aliphatic heterocycles. The molecule has 0 spiro atoms. The Morgan fingerprint density at radius 1 is 1.11 bits per heavy atom. The zero-order chi connectivity index (χ0) is 14.3. The first-order valence-electron chi connectivity index (χ1n) is 7.17. The molecule has 0 saturated heterocycles. The molecule has 0 aliphatic carbocycles. The molecular formula is C16H27NO2. The van der Waals surface area contributed by atoms with Gasteiger partial charge in [-0.05, 0) is 44.4 Å². The molecule has 2 atom stereocenters. The summed E-state index contributed by atoms with van der Waals surface area (Å²) in [6.45, 7) is 9.41. The number of rotatable bonds is 8. The first kappa shape index (κ1) is 15.8. The van der Waals surface area contributed by atoms with E-state index in [2.05, 4.69) is 39.1 Å². The first-order valence-corrected chi connectivity index (χ1v) is 7.17. The van der Waals surface area contributed by atoms with Crippen LogP contribution in [-0.4, -0.2) is 19.3 Å². The van der Waals surface area contributed by atoms with Crippen molar-refractivity contribution in [2.24, 2.45) is 0 Å². The van der Waals surface area contributed by atoms with Crippen molar-refractivity contribution < 1.29 is 9.47 Å². The van der Waals surface area contributed by atoms with Gasteiger partial charge < -0.3 is 14.8 Å². The number of nitrogens with one attached hydrogen (secondary N) is 1. The summed E-state index contributed by atoms with van der Waals surface area (Å²) in [5.74, 6) is 1.63. The summed E-state index contributed by atoms with van der Waals surface area (Å²) in [6, 6.07) is 6.67. The summed E-state index contributed by atoms with van der Waals surface area (Å²) in [5.41, 5.74) is 1.22. The molecule has 1 N–H and O–H groups in total. The molecule has 0 fully saturated rings. The fourth-order valence-corrected chi connectivity index (χ4v) is 1.66. The third kappa shape index (κ3) is 5.11. The molecule has 0 amide bonds. The van der Waals surface area contributed by atoms with Gasteiger partial charge in [-0.1, -0.05) is 19.9 Å². The number of hydrogen-bond acceptors (Lipinski definition) is 3. The van der Waals surface area contributed by atoms with Gasteiger partial charge >= 0.3 is 0 Å². The minimum absolute atomic E-state index is 0.206. The van der Waals surface area contributed by atoms with Gasteiger partial charge in [-0.15, -0.1) is 0 Å². The standard InChI is InChI=1S/C16H27NO2/c1-6-12(3)17-11-14-8-9-15(16(10-14)18-5)19-13(4)7-2/h8-10,12-13,17H,6-7,11H2,1-5H3/t12-,13-/m0/s1. The quantitative estimate of drug-likeness (QED) is 0.776. The van der Waals surface area contributed by atoms with Crippen LogP contribution in [0, 0.1) is 0 Å². The average Bonchev–Trinajstić information content (AvgIpc) is 2.45. The third-order valence-corrected chi connectivity index (χ3v) is 3.40. The van der Waals surface area contributed by atoms with Crippen molar-refractivity contribution in [2.45, 2.75) is 59.2 Å². The second kappa shape index (κ2) is 8.05. The summed E-state index contributed by atoms with van der Waals surface area (Å²) in [4.78, 5) is 0. The Bertz CT molecular complexity index is 379. The van der Waals surface area contributed by atoms with E-state index in [0.29, 0.717) is 6.04 Å². The largest absolute Gasteiger partial charge is 0.493 e. The van der Waals surface area contributed by atoms with E-state index in [1.165, 1.54) is 5.56 Å². The van der Waals surface area contributed by atoms with E-state index in [9.17, 15) is 0 Å². The molecular weight excluding hydrogens is 238 g/mol. The number of methoxy groups -OCH3 is 1. The average molecular weight is 265 g/mol. The minimum Gasteiger partial charge on any atom is -0.493 e. The molecule has 19 heavy (non-hydrogen) atoms. The lowest BCUT2D eigenvalue weighted by molar-refractivity contribution is 0.207. The van der Waals surface area contributed by atoms with Crippen LogP contribution in [0.4, 0.5) is 0 Å². The fourth-order valence-electron chi connectivity index (χ4n) is 1.66. The van der Waals surface area contributed by atoms with Crippen molar-refractivity contribution in [1.82, 2.24) is 5.32 Å². The maximum Gasteiger partial charge on any atom is 0.161 e. The predicted molar refractivity (Wildman–Crippen MR) is 80.0 cm³/mol. The molecule has 0 radical (unpaired) electrons. The van der Waals surface area contributed by atoms with Gasteiger partial charge in [0, 0.05) is 12.6 Å². The monoisotopic (exact) mass is 265 g/mol. The van der Waals surface area contributed by atoms with Gasteiger partial charge in [0.25, 0.3) is 0 Å². The predicted octanol–water partition coefficient (Wildman–Crippen LogP) is 3.76. The number of ether oxygens (including phenoxy) is 2. The van der Waals surface area contributed by atoms with E-state index in [0.717, 1.165) is 30.9 Å². The molecule has 0 aromatic heterocycles. The fraction of sp³-hybridized carbons (Fsp3) is 0.625. The van der Waals surface area contributed by atoms with Crippen molar-refractivity contribution in [1.29, 1.82) is 0 Å². The highest BCUT2D eigenvalue weighted by Crippen LogP contribution is 2.29. The van der Waals surface area contributed by atoms with E-state index in [4.69, 9.17) is 9.47 Å². The smallest absolute Gasteiger partial charge is 0.161 e. The molecule has 108 valence electrons. The topological polar surface area (TPSA) is 30.5 Å². The summed E-state index contributed by atoms with van der Waals surface area (Å²) in [6.07, 6.45) is 2.32. The molecule has 1 aromatic carbocycles. The zero-order valence-corrected chi connectivity index (χ0v) is 12.8. The van der Waals surface area contributed by atoms with E-state index in [1.807, 2.05) is 12.1 Å².